The van der Waals surface area contributed by atoms with Crippen LogP contribution >= 0.6 is 0 Å². The minimum atomic E-state index is -1.14. The van der Waals surface area contributed by atoms with Crippen LogP contribution in [0.25, 0.3) is 0 Å². The van der Waals surface area contributed by atoms with Crippen LogP contribution in [0.1, 0.15) is 162 Å². The van der Waals surface area contributed by atoms with Crippen LogP contribution in [0, 0.1) is 0 Å². The summed E-state index contributed by atoms with van der Waals surface area (Å²) in [7, 11) is 5.38. The highest BCUT2D eigenvalue weighted by Gasteiger charge is 2.25. The molecule has 60 heavy (non-hydrogen) atoms. The first kappa shape index (κ1) is 56.2. The van der Waals surface area contributed by atoms with Crippen LogP contribution in [-0.4, -0.2) is 75.5 Å². The monoisotopic (exact) mass is 836 g/mol. The summed E-state index contributed by atoms with van der Waals surface area (Å²) in [4.78, 5) is 36.9. The first-order chi connectivity index (χ1) is 29.1. The van der Waals surface area contributed by atoms with Crippen LogP contribution in [0.2, 0.25) is 0 Å². The van der Waals surface area contributed by atoms with Crippen molar-refractivity contribution in [3.63, 3.8) is 0 Å². The van der Waals surface area contributed by atoms with Gasteiger partial charge in [-0.25, -0.2) is 0 Å². The Bertz CT molecular complexity index is 1300. The Morgan fingerprint density at radius 3 is 1.45 bits per heavy atom. The maximum absolute atomic E-state index is 12.7. The minimum absolute atomic E-state index is 0.0179. The molecule has 0 amide bonds. The Kier molecular flexibility index (Phi) is 39.3. The van der Waals surface area contributed by atoms with Crippen molar-refractivity contribution in [3.05, 3.63) is 97.2 Å². The topological polar surface area (TPSA) is 102 Å². The van der Waals surface area contributed by atoms with Crippen molar-refractivity contribution in [2.45, 2.75) is 174 Å². The van der Waals surface area contributed by atoms with E-state index in [-0.39, 0.29) is 49.1 Å². The first-order valence-electron chi connectivity index (χ1n) is 23.4. The molecule has 0 spiro atoms. The number of unbranched alkanes of at least 4 members (excludes halogenated alkanes) is 16. The molecule has 8 heteroatoms. The summed E-state index contributed by atoms with van der Waals surface area (Å²) >= 11 is 0. The summed E-state index contributed by atoms with van der Waals surface area (Å²) in [5.74, 6) is -1.81. The summed E-state index contributed by atoms with van der Waals surface area (Å²) in [6.45, 7) is 4.44. The molecule has 2 atom stereocenters. The molecule has 0 heterocycles. The van der Waals surface area contributed by atoms with Gasteiger partial charge in [0.2, 0.25) is 0 Å². The minimum Gasteiger partial charge on any atom is -0.544 e. The molecule has 0 aromatic heterocycles. The van der Waals surface area contributed by atoms with Crippen molar-refractivity contribution >= 4 is 17.9 Å². The van der Waals surface area contributed by atoms with Gasteiger partial charge >= 0.3 is 11.9 Å². The van der Waals surface area contributed by atoms with E-state index >= 15 is 0 Å². The number of aliphatic carboxylic acids is 1. The zero-order valence-corrected chi connectivity index (χ0v) is 38.6. The fourth-order valence-corrected chi connectivity index (χ4v) is 6.28. The quantitative estimate of drug-likeness (QED) is 0.0199. The number of carboxylic acids is 1. The number of rotatable bonds is 40. The summed E-state index contributed by atoms with van der Waals surface area (Å²) < 4.78 is 17.1. The number of hydrogen-bond donors (Lipinski definition) is 0. The van der Waals surface area contributed by atoms with Crippen LogP contribution in [0.15, 0.2) is 97.2 Å². The lowest BCUT2D eigenvalue weighted by molar-refractivity contribution is -0.889. The second kappa shape index (κ2) is 42.0. The number of hydrogen-bond acceptors (Lipinski definition) is 7. The molecular weight excluding hydrogens is 751 g/mol. The van der Waals surface area contributed by atoms with Gasteiger partial charge in [0.1, 0.15) is 12.6 Å². The highest BCUT2D eigenvalue weighted by atomic mass is 16.6. The first-order valence-corrected chi connectivity index (χ1v) is 23.4. The van der Waals surface area contributed by atoms with E-state index in [0.29, 0.717) is 12.8 Å². The molecule has 0 aromatic carbocycles. The van der Waals surface area contributed by atoms with Gasteiger partial charge < -0.3 is 28.6 Å². The molecule has 0 aliphatic heterocycles. The normalized spacial score (nSPS) is 13.8. The SMILES string of the molecule is CC/C=C/C=C/C=C/C=C/C=C/C=C/C=C/CCCCCC(=O)OCC(COCCC(C(=O)[O-])[N+](C)(C)C)OC(=O)CCCCCCCCC/C=C/CCCCCCCC. The number of quaternary nitrogens is 1. The summed E-state index contributed by atoms with van der Waals surface area (Å²) in [5, 5.41) is 11.6. The van der Waals surface area contributed by atoms with Gasteiger partial charge in [-0.2, -0.15) is 0 Å². The molecule has 0 rings (SSSR count). The van der Waals surface area contributed by atoms with Crippen LogP contribution in [0.5, 0.6) is 0 Å². The van der Waals surface area contributed by atoms with Gasteiger partial charge in [0.25, 0.3) is 0 Å². The summed E-state index contributed by atoms with van der Waals surface area (Å²) in [6.07, 6.45) is 55.7. The van der Waals surface area contributed by atoms with Gasteiger partial charge in [0.15, 0.2) is 6.10 Å². The van der Waals surface area contributed by atoms with E-state index in [1.54, 1.807) is 21.1 Å². The Morgan fingerprint density at radius 1 is 0.517 bits per heavy atom. The fraction of sp³-hybridized carbons (Fsp3) is 0.635. The number of likely N-dealkylation sites (N-methyl/N-ethyl adjacent to an activating group) is 1. The van der Waals surface area contributed by atoms with E-state index in [9.17, 15) is 19.5 Å². The second-order valence-corrected chi connectivity index (χ2v) is 16.4. The van der Waals surface area contributed by atoms with Crippen molar-refractivity contribution in [1.29, 1.82) is 0 Å². The second-order valence-electron chi connectivity index (χ2n) is 16.4. The number of carbonyl (C=O) groups excluding carboxylic acids is 3. The molecule has 0 bridgehead atoms. The highest BCUT2D eigenvalue weighted by molar-refractivity contribution is 5.70. The highest BCUT2D eigenvalue weighted by Crippen LogP contribution is 2.13. The lowest BCUT2D eigenvalue weighted by Gasteiger charge is -2.34. The van der Waals surface area contributed by atoms with Crippen molar-refractivity contribution in [3.8, 4) is 0 Å². The van der Waals surface area contributed by atoms with E-state index in [0.717, 1.165) is 44.9 Å². The largest absolute Gasteiger partial charge is 0.544 e. The van der Waals surface area contributed by atoms with Crippen molar-refractivity contribution in [2.75, 3.05) is 41.0 Å². The molecular formula is C52H85NO7. The molecule has 0 saturated carbocycles. The Morgan fingerprint density at radius 2 is 0.950 bits per heavy atom. The van der Waals surface area contributed by atoms with E-state index in [2.05, 4.69) is 38.2 Å². The molecule has 0 aliphatic rings. The van der Waals surface area contributed by atoms with Gasteiger partial charge in [-0.1, -0.05) is 182 Å². The molecule has 0 radical (unpaired) electrons. The molecule has 0 aromatic rings. The average Bonchev–Trinajstić information content (AvgIpc) is 3.21. The number of carboxylic acid groups (broad SMARTS) is 1. The van der Waals surface area contributed by atoms with E-state index in [1.807, 2.05) is 72.9 Å². The predicted octanol–water partition coefficient (Wildman–Crippen LogP) is 11.7. The molecule has 0 aliphatic carbocycles. The third-order valence-corrected chi connectivity index (χ3v) is 9.90. The van der Waals surface area contributed by atoms with Crippen LogP contribution in [-0.2, 0) is 28.6 Å². The van der Waals surface area contributed by atoms with Crippen LogP contribution in [0.4, 0.5) is 0 Å². The van der Waals surface area contributed by atoms with Gasteiger partial charge in [-0.05, 0) is 57.8 Å². The number of esters is 2. The molecule has 0 saturated heterocycles. The number of nitrogens with zero attached hydrogens (tertiary/aromatic N) is 1. The third-order valence-electron chi connectivity index (χ3n) is 9.90. The lowest BCUT2D eigenvalue weighted by Crippen LogP contribution is -2.55. The average molecular weight is 836 g/mol. The summed E-state index contributed by atoms with van der Waals surface area (Å²) in [6, 6.07) is -0.740. The molecule has 0 fully saturated rings. The van der Waals surface area contributed by atoms with Gasteiger partial charge in [-0.3, -0.25) is 9.59 Å². The molecule has 340 valence electrons. The molecule has 0 N–H and O–H groups in total. The maximum atomic E-state index is 12.7. The number of carbonyl (C=O) groups is 3. The van der Waals surface area contributed by atoms with Crippen LogP contribution in [0.3, 0.4) is 0 Å². The van der Waals surface area contributed by atoms with Gasteiger partial charge in [-0.15, -0.1) is 0 Å². The number of ether oxygens (including phenoxy) is 3. The van der Waals surface area contributed by atoms with Crippen molar-refractivity contribution < 1.29 is 38.2 Å². The van der Waals surface area contributed by atoms with Crippen molar-refractivity contribution in [1.82, 2.24) is 0 Å². The lowest BCUT2D eigenvalue weighted by atomic mass is 10.1. The Balaban J connectivity index is 4.45. The summed E-state index contributed by atoms with van der Waals surface area (Å²) in [5.41, 5.74) is 0. The van der Waals surface area contributed by atoms with Gasteiger partial charge in [0, 0.05) is 19.3 Å². The third kappa shape index (κ3) is 39.7. The number of allylic oxidation sites excluding steroid dienone is 16. The Hall–Kier alpha value is -3.75. The smallest absolute Gasteiger partial charge is 0.306 e. The zero-order valence-electron chi connectivity index (χ0n) is 38.6. The van der Waals surface area contributed by atoms with E-state index < -0.39 is 18.1 Å². The maximum Gasteiger partial charge on any atom is 0.306 e. The predicted molar refractivity (Wildman–Crippen MR) is 249 cm³/mol. The molecule has 8 nitrogen and oxygen atoms in total. The van der Waals surface area contributed by atoms with Crippen LogP contribution < -0.4 is 5.11 Å². The van der Waals surface area contributed by atoms with E-state index in [1.165, 1.54) is 77.0 Å². The van der Waals surface area contributed by atoms with Crippen molar-refractivity contribution in [2.24, 2.45) is 0 Å². The van der Waals surface area contributed by atoms with E-state index in [4.69, 9.17) is 14.2 Å². The van der Waals surface area contributed by atoms with Gasteiger partial charge in [0.05, 0.1) is 40.3 Å². The molecule has 2 unspecified atom stereocenters. The Labute approximate surface area is 366 Å². The fourth-order valence-electron chi connectivity index (χ4n) is 6.28. The zero-order chi connectivity index (χ0) is 44.2. The standard InChI is InChI=1S/C52H85NO7/c1-6-8-10-12-14-16-18-20-22-24-25-27-28-30-32-34-36-38-40-42-50(54)59-47-48(46-58-45-44-49(52(56)57)53(3,4)5)60-51(55)43-41-39-37-35-33-31-29-26-23-21-19-17-15-13-11-9-7-2/h8,10,12,14,16,18,20-25,27-28,30,32,48-49H,6-7,9,11,13,15,17,19,26,29,31,33-47H2,1-5H3/b10-8+,14-12+,18-16+,22-20+,23-21+,25-24+,28-27+,32-30+.